The fraction of sp³-hybridized carbons (Fsp3) is 0.825. The van der Waals surface area contributed by atoms with E-state index in [-0.39, 0.29) is 243 Å². The number of rotatable bonds is 32. The molecule has 8 saturated heterocycles. The van der Waals surface area contributed by atoms with Gasteiger partial charge in [0.1, 0.15) is 110 Å². The van der Waals surface area contributed by atoms with Gasteiger partial charge in [0.25, 0.3) is 0 Å². The number of carbonyl (C=O) groups excluding carboxylic acids is 4. The average molecular weight is 1940 g/mol. The Morgan fingerprint density at radius 2 is 0.650 bits per heavy atom. The van der Waals surface area contributed by atoms with Gasteiger partial charge in [0.2, 0.25) is 65.2 Å². The van der Waals surface area contributed by atoms with E-state index in [2.05, 4.69) is 29.6 Å². The van der Waals surface area contributed by atoms with Gasteiger partial charge in [-0.2, -0.15) is 26.4 Å². The average Bonchev–Trinajstić information content (AvgIpc) is 0.778. The van der Waals surface area contributed by atoms with Crippen LogP contribution in [-0.4, -0.2) is 399 Å². The smallest absolute Gasteiger partial charge is 0.726 e. The maximum Gasteiger partial charge on any atom is 1.00 e. The first-order chi connectivity index (χ1) is 53.6. The summed E-state index contributed by atoms with van der Waals surface area (Å²) < 4.78 is 239. The van der Waals surface area contributed by atoms with E-state index in [1.807, 2.05) is 0 Å². The molecule has 0 aliphatic carbocycles. The zero-order chi connectivity index (χ0) is 86.1. The first kappa shape index (κ1) is 131. The molecule has 0 spiro atoms. The molecule has 0 radical (unpaired) electrons. The van der Waals surface area contributed by atoms with E-state index < -0.39 is 300 Å². The van der Waals surface area contributed by atoms with E-state index in [0.29, 0.717) is 32.4 Å². The first-order valence-electron chi connectivity index (χ1n) is 34.0. The number of hydrogen-bond donors (Lipinski definition) is 20. The Balaban J connectivity index is -0.00000755. The second-order valence-corrected chi connectivity index (χ2v) is 29.6. The van der Waals surface area contributed by atoms with Crippen molar-refractivity contribution in [1.82, 2.24) is 21.3 Å². The molecule has 0 saturated carbocycles. The van der Waals surface area contributed by atoms with Crippen molar-refractivity contribution in [2.24, 2.45) is 5.73 Å². The molecule has 8 rings (SSSR count). The van der Waals surface area contributed by atoms with Crippen LogP contribution in [-0.2, 0) is 145 Å². The molecule has 34 atom stereocenters. The first-order valence-corrected chi connectivity index (χ1v) is 39.4. The molecule has 4 amide bonds. The Morgan fingerprint density at radius 1 is 0.366 bits per heavy atom. The zero-order valence-corrected chi connectivity index (χ0v) is 87.5. The third-order valence-corrected chi connectivity index (χ3v) is 18.1. The van der Waals surface area contributed by atoms with Gasteiger partial charge >= 0.3 is 236 Å². The summed E-state index contributed by atoms with van der Waals surface area (Å²) in [6.45, 7) is 3.72. The fourth-order valence-electron chi connectivity index (χ4n) is 12.3. The molecule has 21 N–H and O–H groups in total. The summed E-state index contributed by atoms with van der Waals surface area (Å²) in [7, 11) is -21.2. The van der Waals surface area contributed by atoms with Crippen LogP contribution in [0.15, 0.2) is 0 Å². The molecule has 0 aromatic heterocycles. The summed E-state index contributed by atoms with van der Waals surface area (Å²) in [5.41, 5.74) is 5.51. The van der Waals surface area contributed by atoms with Crippen LogP contribution in [0.3, 0.4) is 0 Å². The predicted octanol–water partition coefficient (Wildman–Crippen LogP) is -38.8. The van der Waals surface area contributed by atoms with Crippen LogP contribution in [0, 0.1) is 39.3 Å². The van der Waals surface area contributed by atoms with Crippen LogP contribution >= 0.6 is 0 Å². The van der Waals surface area contributed by atoms with Gasteiger partial charge in [0, 0.05) is 46.9 Å². The van der Waals surface area contributed by atoms with Gasteiger partial charge in [0.05, 0.1) is 38.6 Å². The van der Waals surface area contributed by atoms with Crippen molar-refractivity contribution < 1.29 is 467 Å². The van der Waals surface area contributed by atoms with Gasteiger partial charge in [-0.25, -0.2) is 46.5 Å². The maximum atomic E-state index is 12.7. The van der Waals surface area contributed by atoms with Crippen molar-refractivity contribution in [2.45, 2.75) is 256 Å². The second kappa shape index (κ2) is 61.6. The van der Waals surface area contributed by atoms with Crippen molar-refractivity contribution in [3.63, 3.8) is 0 Å². The molecule has 8 aliphatic rings. The Morgan fingerprint density at radius 3 is 0.951 bits per heavy atom. The van der Waals surface area contributed by atoms with Gasteiger partial charge in [0.15, 0.2) is 37.7 Å². The van der Waals surface area contributed by atoms with Gasteiger partial charge in [-0.1, -0.05) is 12.2 Å². The van der Waals surface area contributed by atoms with Crippen LogP contribution in [0.2, 0.25) is 0 Å². The Hall–Kier alpha value is 4.16. The largest absolute Gasteiger partial charge is 1.00 e. The number of aliphatic hydroxyl groups excluding tert-OH is 13. The fourth-order valence-corrected chi connectivity index (χ4v) is 13.2. The summed E-state index contributed by atoms with van der Waals surface area (Å²) in [6, 6.07) is -6.63. The molecule has 0 aromatic carbocycles. The predicted molar refractivity (Wildman–Crippen MR) is 350 cm³/mol. The SMILES string of the molecule is CC(=O)NC1[C@@H](O[C@@H]2[CH-]O[C@@H](O[C@@H]3C(CO)O[C@H](O[C@@H]4[CH-]O[C@@H](O[C@@H]5C(CO)O[C@H](O[C@@H]6[CH-]O[C@@H](O[C@@H]7C(CO)O[C@H](O[C@@H]8[CH-]O[C@@H](OCCCCCN)C(OS(=O)(=O)[O-])[C@H]8O)C(NC(C)=O)[C@H]7O)[CH-][C@@H]6O)C(NC(C)=O)[C@H]5O)C(OS(=O)(=O)[O-])[C@H]4O)C(NC(C)=O)[C@H]3O)[CH-][C@@H]2O)OC(CO)[C@@H](O)[C@@H]1O.O=S(=O)([O-])O.O=S(=O)([O-])O.[Na+].[Na+].[Na+].[Na+].[Na+].[Na+].[Na+].[Na+]. The minimum Gasteiger partial charge on any atom is -0.726 e. The number of aliphatic hydroxyl groups is 13. The summed E-state index contributed by atoms with van der Waals surface area (Å²) in [5.74, 6) is -3.22. The quantitative estimate of drug-likeness (QED) is 0.00978. The van der Waals surface area contributed by atoms with Crippen molar-refractivity contribution in [1.29, 1.82) is 0 Å². The molecule has 66 heteroatoms. The third kappa shape index (κ3) is 42.8. The van der Waals surface area contributed by atoms with Crippen molar-refractivity contribution in [2.75, 3.05) is 39.6 Å². The number of hydrogen-bond acceptors (Lipinski definition) is 48. The molecule has 672 valence electrons. The van der Waals surface area contributed by atoms with Crippen molar-refractivity contribution >= 4 is 65.2 Å². The molecule has 10 unspecified atom stereocenters. The van der Waals surface area contributed by atoms with Crippen LogP contribution in [0.1, 0.15) is 47.0 Å². The molecular formula is C57H91N5Na8O49S4-2. The molecule has 8 fully saturated rings. The molecule has 0 bridgehead atoms. The standard InChI is InChI=1S/C57H91N5O41S2.8Na.2H2O4S/c1-20(67)59-36-43(76)40(73)26(12-63)91-52(36)95-30-16-87-34(10-24(30)71)99-48-28(14-65)93-55(38(45(48)78)61-22(3)69)98-33-19-90-57(51(42(33)75)103-105(83,84)85)101-49-29(15-66)94-53(39(46(49)79)62-23(4)70)96-31-17-88-35(11-25(31)72)100-47-27(13-64)92-54(37(44(47)77)60-21(2)68)97-32-18-89-56(86-9-7-5-6-8-58)50(41(32)74)102-104(80,81)82;;;;;;;;;2*1-5(2,3)4/h10-11,16-19,24-57,63-66,71-79H,5-9,12-15,58H2,1-4H3,(H,59,67)(H,60,68)(H,61,69)(H,62,70)(H,80,81,82)(H,83,84,85);;;;;;;;;2*(H2,1,2,3,4)/q-6;8*+1;;/p-4/t24-,25-,26?,27?,28?,29?,30+,31+,32+,33+,34-,35-,36?,37?,38?,39?,40+,41-,42-,43+,44+,45+,46+,47+,48+,49+,50?,51?,52+,53+,54+,55+,56+,57-;;;;;;;;;;/m0........../s1. The number of amides is 4. The summed E-state index contributed by atoms with van der Waals surface area (Å²) >= 11 is 0. The Kier molecular flexibility index (Phi) is 65.7. The molecular weight excluding hydrogens is 1850 g/mol. The summed E-state index contributed by atoms with van der Waals surface area (Å²) in [6.07, 6.45) is -51.7. The maximum absolute atomic E-state index is 12.7. The monoisotopic (exact) mass is 1940 g/mol. The van der Waals surface area contributed by atoms with Gasteiger partial charge in [-0.3, -0.25) is 36.6 Å². The van der Waals surface area contributed by atoms with Crippen LogP contribution in [0.5, 0.6) is 0 Å². The van der Waals surface area contributed by atoms with Crippen molar-refractivity contribution in [3.05, 3.63) is 39.3 Å². The minimum absolute atomic E-state index is 0. The zero-order valence-electron chi connectivity index (χ0n) is 68.3. The topological polar surface area (TPSA) is 841 Å². The van der Waals surface area contributed by atoms with Crippen LogP contribution in [0.4, 0.5) is 0 Å². The Bertz CT molecular complexity index is 3520. The number of unbranched alkanes of at least 4 members (excludes halogenated alkanes) is 2. The minimum atomic E-state index is -5.90. The normalized spacial score (nSPS) is 37.6. The molecule has 0 aromatic rings. The van der Waals surface area contributed by atoms with Gasteiger partial charge in [-0.15, -0.1) is 0 Å². The van der Waals surface area contributed by atoms with Crippen LogP contribution < -0.4 is 263 Å². The van der Waals surface area contributed by atoms with Gasteiger partial charge in [-0.05, 0) is 50.2 Å². The molecule has 54 nitrogen and oxygen atoms in total. The van der Waals surface area contributed by atoms with E-state index in [9.17, 15) is 112 Å². The summed E-state index contributed by atoms with van der Waals surface area (Å²) in [5, 5.41) is 153. The van der Waals surface area contributed by atoms with E-state index in [0.717, 1.165) is 60.4 Å². The van der Waals surface area contributed by atoms with E-state index in [1.54, 1.807) is 0 Å². The summed E-state index contributed by atoms with van der Waals surface area (Å²) in [4.78, 5) is 49.8. The van der Waals surface area contributed by atoms with E-state index in [1.165, 1.54) is 0 Å². The molecule has 8 heterocycles. The molecule has 123 heavy (non-hydrogen) atoms. The number of ether oxygens (including phenoxy) is 16. The number of nitrogens with two attached hydrogens (primary N) is 1. The number of carbonyl (C=O) groups is 4. The Labute approximate surface area is 882 Å². The molecule has 8 aliphatic heterocycles. The van der Waals surface area contributed by atoms with Crippen molar-refractivity contribution in [3.8, 4) is 0 Å². The third-order valence-electron chi connectivity index (χ3n) is 17.2. The second-order valence-electron chi connectivity index (χ2n) is 25.9. The van der Waals surface area contributed by atoms with E-state index >= 15 is 0 Å². The van der Waals surface area contributed by atoms with Gasteiger partial charge < -0.3 is 187 Å². The van der Waals surface area contributed by atoms with Crippen LogP contribution in [0.25, 0.3) is 0 Å². The number of nitrogens with one attached hydrogen (secondary N) is 4. The van der Waals surface area contributed by atoms with E-state index in [4.69, 9.17) is 117 Å².